The fourth-order valence-corrected chi connectivity index (χ4v) is 2.18. The molecule has 20 heavy (non-hydrogen) atoms. The lowest BCUT2D eigenvalue weighted by atomic mass is 10.2. The van der Waals surface area contributed by atoms with E-state index in [1.165, 1.54) is 6.08 Å². The van der Waals surface area contributed by atoms with Crippen LogP contribution in [0.5, 0.6) is 0 Å². The molecule has 6 heteroatoms. The molecule has 0 aliphatic carbocycles. The highest BCUT2D eigenvalue weighted by atomic mass is 32.2. The van der Waals surface area contributed by atoms with E-state index in [1.54, 1.807) is 30.3 Å². The first-order valence-corrected chi connectivity index (χ1v) is 7.40. The van der Waals surface area contributed by atoms with Crippen LogP contribution in [0.4, 0.5) is 0 Å². The number of hydrogen-bond donors (Lipinski definition) is 1. The van der Waals surface area contributed by atoms with Crippen molar-refractivity contribution in [1.29, 1.82) is 0 Å². The summed E-state index contributed by atoms with van der Waals surface area (Å²) in [5, 5.41) is 0. The highest BCUT2D eigenvalue weighted by Gasteiger charge is 2.13. The van der Waals surface area contributed by atoms with Crippen LogP contribution in [0.3, 0.4) is 0 Å². The first-order chi connectivity index (χ1) is 9.43. The lowest BCUT2D eigenvalue weighted by Crippen LogP contribution is -2.06. The third-order valence-electron chi connectivity index (χ3n) is 2.44. The zero-order valence-electron chi connectivity index (χ0n) is 10.9. The van der Waals surface area contributed by atoms with Crippen LogP contribution in [0, 0.1) is 0 Å². The topological polar surface area (TPSA) is 80.7 Å². The van der Waals surface area contributed by atoms with Crippen molar-refractivity contribution < 1.29 is 22.5 Å². The predicted molar refractivity (Wildman–Crippen MR) is 76.4 cm³/mol. The van der Waals surface area contributed by atoms with Crippen LogP contribution in [0.1, 0.15) is 18.4 Å². The smallest absolute Gasteiger partial charge is 0.330 e. The Kier molecular flexibility index (Phi) is 6.14. The minimum atomic E-state index is -4.27. The quantitative estimate of drug-likeness (QED) is 0.362. The molecule has 1 aromatic rings. The van der Waals surface area contributed by atoms with E-state index in [2.05, 4.69) is 6.58 Å². The zero-order valence-corrected chi connectivity index (χ0v) is 11.7. The third-order valence-corrected chi connectivity index (χ3v) is 3.42. The van der Waals surface area contributed by atoms with Gasteiger partial charge in [0.1, 0.15) is 0 Å². The Hall–Kier alpha value is -1.92. The van der Waals surface area contributed by atoms with Crippen LogP contribution in [0.2, 0.25) is 0 Å². The van der Waals surface area contributed by atoms with E-state index in [0.29, 0.717) is 5.56 Å². The van der Waals surface area contributed by atoms with Gasteiger partial charge in [-0.2, -0.15) is 8.42 Å². The number of hydrogen-bond acceptors (Lipinski definition) is 4. The maximum Gasteiger partial charge on any atom is 0.330 e. The van der Waals surface area contributed by atoms with Crippen LogP contribution < -0.4 is 0 Å². The summed E-state index contributed by atoms with van der Waals surface area (Å²) < 4.78 is 36.5. The van der Waals surface area contributed by atoms with Gasteiger partial charge in [0.25, 0.3) is 10.1 Å². The number of esters is 1. The molecule has 0 saturated carbocycles. The van der Waals surface area contributed by atoms with Gasteiger partial charge in [0.15, 0.2) is 0 Å². The van der Waals surface area contributed by atoms with E-state index in [0.717, 1.165) is 6.08 Å². The van der Waals surface area contributed by atoms with E-state index < -0.39 is 16.1 Å². The highest BCUT2D eigenvalue weighted by molar-refractivity contribution is 7.90. The Morgan fingerprint density at radius 1 is 1.30 bits per heavy atom. The molecule has 5 nitrogen and oxygen atoms in total. The second kappa shape index (κ2) is 7.62. The summed E-state index contributed by atoms with van der Waals surface area (Å²) in [5.41, 5.74) is 0.670. The van der Waals surface area contributed by atoms with E-state index in [9.17, 15) is 17.8 Å². The summed E-state index contributed by atoms with van der Waals surface area (Å²) in [4.78, 5) is 10.7. The van der Waals surface area contributed by atoms with Gasteiger partial charge in [-0.1, -0.05) is 36.9 Å². The van der Waals surface area contributed by atoms with Crippen LogP contribution in [0.25, 0.3) is 6.08 Å². The fourth-order valence-electron chi connectivity index (χ4n) is 1.49. The van der Waals surface area contributed by atoms with Gasteiger partial charge in [0, 0.05) is 6.08 Å². The van der Waals surface area contributed by atoms with Crippen molar-refractivity contribution in [3.8, 4) is 0 Å². The van der Waals surface area contributed by atoms with E-state index >= 15 is 0 Å². The Morgan fingerprint density at radius 2 is 1.95 bits per heavy atom. The average Bonchev–Trinajstić information content (AvgIpc) is 2.41. The van der Waals surface area contributed by atoms with Crippen molar-refractivity contribution in [3.63, 3.8) is 0 Å². The molecule has 0 bridgehead atoms. The van der Waals surface area contributed by atoms with Crippen LogP contribution >= 0.6 is 0 Å². The summed E-state index contributed by atoms with van der Waals surface area (Å²) in [7, 11) is -4.27. The maximum atomic E-state index is 11.3. The first kappa shape index (κ1) is 16.1. The van der Waals surface area contributed by atoms with Crippen molar-refractivity contribution in [2.24, 2.45) is 0 Å². The molecular weight excluding hydrogens is 280 g/mol. The minimum absolute atomic E-state index is 0.0620. The second-order valence-electron chi connectivity index (χ2n) is 3.97. The summed E-state index contributed by atoms with van der Waals surface area (Å²) in [5.74, 6) is -0.564. The van der Waals surface area contributed by atoms with Gasteiger partial charge in [0.2, 0.25) is 0 Å². The standard InChI is InChI=1S/C14H16O5S/c1-2-14(15)19-10-6-9-13(20(16,17)18)11-12-7-4-3-5-8-12/h2-5,7-8,11H,1,6,9-10H2,(H,16,17,18). The number of ether oxygens (including phenoxy) is 1. The molecule has 0 aliphatic rings. The Bertz CT molecular complexity index is 587. The maximum absolute atomic E-state index is 11.3. The Morgan fingerprint density at radius 3 is 2.50 bits per heavy atom. The van der Waals surface area contributed by atoms with Gasteiger partial charge in [-0.25, -0.2) is 4.79 Å². The molecule has 0 spiro atoms. The first-order valence-electron chi connectivity index (χ1n) is 5.96. The fraction of sp³-hybridized carbons (Fsp3) is 0.214. The monoisotopic (exact) mass is 296 g/mol. The molecule has 0 radical (unpaired) electrons. The molecule has 108 valence electrons. The van der Waals surface area contributed by atoms with Crippen LogP contribution in [-0.2, 0) is 19.6 Å². The predicted octanol–water partition coefficient (Wildman–Crippen LogP) is 2.42. The van der Waals surface area contributed by atoms with Crippen molar-refractivity contribution in [1.82, 2.24) is 0 Å². The van der Waals surface area contributed by atoms with E-state index in [4.69, 9.17) is 4.74 Å². The Balaban J connectivity index is 2.70. The molecule has 0 amide bonds. The van der Waals surface area contributed by atoms with Crippen molar-refractivity contribution in [2.45, 2.75) is 12.8 Å². The normalized spacial score (nSPS) is 11.9. The van der Waals surface area contributed by atoms with Gasteiger partial charge in [0.05, 0.1) is 11.5 Å². The lowest BCUT2D eigenvalue weighted by molar-refractivity contribution is -0.137. The molecule has 0 saturated heterocycles. The molecular formula is C14H16O5S. The van der Waals surface area contributed by atoms with Crippen molar-refractivity contribution in [3.05, 3.63) is 53.5 Å². The number of carbonyl (C=O) groups excluding carboxylic acids is 1. The molecule has 0 heterocycles. The molecule has 0 atom stereocenters. The summed E-state index contributed by atoms with van der Waals surface area (Å²) >= 11 is 0. The van der Waals surface area contributed by atoms with Gasteiger partial charge in [-0.15, -0.1) is 0 Å². The SMILES string of the molecule is C=CC(=O)OCCCC(=Cc1ccccc1)S(=O)(=O)O. The molecule has 0 fully saturated rings. The van der Waals surface area contributed by atoms with E-state index in [-0.39, 0.29) is 24.4 Å². The molecule has 0 aromatic heterocycles. The highest BCUT2D eigenvalue weighted by Crippen LogP contribution is 2.16. The molecule has 0 unspecified atom stereocenters. The number of carbonyl (C=O) groups is 1. The van der Waals surface area contributed by atoms with Gasteiger partial charge in [-0.3, -0.25) is 4.55 Å². The summed E-state index contributed by atoms with van der Waals surface area (Å²) in [6, 6.07) is 8.78. The lowest BCUT2D eigenvalue weighted by Gasteiger charge is -2.05. The van der Waals surface area contributed by atoms with E-state index in [1.807, 2.05) is 0 Å². The third kappa shape index (κ3) is 5.81. The van der Waals surface area contributed by atoms with Gasteiger partial charge in [-0.05, 0) is 24.5 Å². The molecule has 0 aliphatic heterocycles. The largest absolute Gasteiger partial charge is 0.463 e. The number of benzene rings is 1. The average molecular weight is 296 g/mol. The zero-order chi connectivity index (χ0) is 15.0. The minimum Gasteiger partial charge on any atom is -0.463 e. The van der Waals surface area contributed by atoms with Gasteiger partial charge >= 0.3 is 5.97 Å². The number of rotatable bonds is 7. The Labute approximate surface area is 118 Å². The second-order valence-corrected chi connectivity index (χ2v) is 5.45. The van der Waals surface area contributed by atoms with Crippen LogP contribution in [0.15, 0.2) is 47.9 Å². The van der Waals surface area contributed by atoms with Crippen LogP contribution in [-0.4, -0.2) is 25.5 Å². The molecule has 1 rings (SSSR count). The van der Waals surface area contributed by atoms with Crippen molar-refractivity contribution >= 4 is 22.2 Å². The summed E-state index contributed by atoms with van der Waals surface area (Å²) in [6.45, 7) is 3.31. The molecule has 1 aromatic carbocycles. The van der Waals surface area contributed by atoms with Gasteiger partial charge < -0.3 is 4.74 Å². The summed E-state index contributed by atoms with van der Waals surface area (Å²) in [6.07, 6.45) is 2.80. The molecule has 1 N–H and O–H groups in total. The van der Waals surface area contributed by atoms with Crippen molar-refractivity contribution in [2.75, 3.05) is 6.61 Å². The number of allylic oxidation sites excluding steroid dienone is 1.